The third-order valence-corrected chi connectivity index (χ3v) is 4.01. The van der Waals surface area contributed by atoms with E-state index in [1.54, 1.807) is 0 Å². The van der Waals surface area contributed by atoms with Gasteiger partial charge in [-0.3, -0.25) is 9.69 Å². The lowest BCUT2D eigenvalue weighted by molar-refractivity contribution is -0.134. The van der Waals surface area contributed by atoms with Gasteiger partial charge in [-0.25, -0.2) is 0 Å². The van der Waals surface area contributed by atoms with Crippen LogP contribution in [0.1, 0.15) is 32.1 Å². The molecule has 0 bridgehead atoms. The van der Waals surface area contributed by atoms with Gasteiger partial charge < -0.3 is 10.6 Å². The van der Waals surface area contributed by atoms with Gasteiger partial charge in [-0.05, 0) is 32.1 Å². The molecule has 1 saturated carbocycles. The van der Waals surface area contributed by atoms with Crippen molar-refractivity contribution in [3.63, 3.8) is 0 Å². The van der Waals surface area contributed by atoms with Gasteiger partial charge in [-0.1, -0.05) is 0 Å². The second-order valence-electron chi connectivity index (χ2n) is 5.20. The maximum atomic E-state index is 12.0. The molecule has 2 rings (SSSR count). The smallest absolute Gasteiger partial charge is 0.236 e. The number of piperidine rings is 1. The summed E-state index contributed by atoms with van der Waals surface area (Å²) in [5, 5.41) is 0. The number of nitrogens with two attached hydrogens (primary N) is 1. The van der Waals surface area contributed by atoms with Crippen molar-refractivity contribution in [2.45, 2.75) is 44.2 Å². The second-order valence-corrected chi connectivity index (χ2v) is 5.20. The zero-order valence-corrected chi connectivity index (χ0v) is 10.2. The molecule has 0 aromatic heterocycles. The van der Waals surface area contributed by atoms with Gasteiger partial charge >= 0.3 is 0 Å². The molecule has 0 spiro atoms. The molecule has 2 fully saturated rings. The van der Waals surface area contributed by atoms with Crippen molar-refractivity contribution in [1.82, 2.24) is 9.80 Å². The molecule has 1 aliphatic heterocycles. The Morgan fingerprint density at radius 2 is 1.94 bits per heavy atom. The molecule has 2 aliphatic rings. The van der Waals surface area contributed by atoms with E-state index in [0.717, 1.165) is 25.9 Å². The third-order valence-electron chi connectivity index (χ3n) is 4.01. The summed E-state index contributed by atoms with van der Waals surface area (Å²) in [6.45, 7) is 2.54. The summed E-state index contributed by atoms with van der Waals surface area (Å²) in [6, 6.07) is 0.857. The van der Waals surface area contributed by atoms with Gasteiger partial charge in [0.1, 0.15) is 0 Å². The van der Waals surface area contributed by atoms with Crippen molar-refractivity contribution in [1.29, 1.82) is 0 Å². The third kappa shape index (κ3) is 2.74. The van der Waals surface area contributed by atoms with Crippen molar-refractivity contribution in [3.8, 4) is 0 Å². The lowest BCUT2D eigenvalue weighted by Gasteiger charge is -2.37. The maximum Gasteiger partial charge on any atom is 0.236 e. The molecule has 0 radical (unpaired) electrons. The van der Waals surface area contributed by atoms with Crippen LogP contribution in [0.25, 0.3) is 0 Å². The Labute approximate surface area is 97.8 Å². The molecule has 0 aromatic rings. The Morgan fingerprint density at radius 1 is 1.31 bits per heavy atom. The zero-order chi connectivity index (χ0) is 11.5. The van der Waals surface area contributed by atoms with Crippen LogP contribution in [0, 0.1) is 0 Å². The zero-order valence-electron chi connectivity index (χ0n) is 10.2. The van der Waals surface area contributed by atoms with Crippen LogP contribution in [-0.2, 0) is 4.79 Å². The van der Waals surface area contributed by atoms with Crippen molar-refractivity contribution < 1.29 is 4.79 Å². The van der Waals surface area contributed by atoms with Crippen molar-refractivity contribution in [2.75, 3.05) is 26.7 Å². The summed E-state index contributed by atoms with van der Waals surface area (Å²) >= 11 is 0. The Hall–Kier alpha value is -0.610. The van der Waals surface area contributed by atoms with Gasteiger partial charge in [0, 0.05) is 32.2 Å². The van der Waals surface area contributed by atoms with E-state index in [4.69, 9.17) is 5.73 Å². The maximum absolute atomic E-state index is 12.0. The number of nitrogens with zero attached hydrogens (tertiary/aromatic N) is 2. The highest BCUT2D eigenvalue weighted by molar-refractivity contribution is 5.78. The number of carbonyl (C=O) groups is 1. The molecule has 0 atom stereocenters. The minimum atomic E-state index is 0.278. The number of likely N-dealkylation sites (tertiary alicyclic amines) is 1. The average Bonchev–Trinajstić information content (AvgIpc) is 2.19. The topological polar surface area (TPSA) is 49.6 Å². The van der Waals surface area contributed by atoms with Gasteiger partial charge in [-0.2, -0.15) is 0 Å². The molecule has 4 nitrogen and oxygen atoms in total. The van der Waals surface area contributed by atoms with Crippen LogP contribution >= 0.6 is 0 Å². The predicted molar refractivity (Wildman–Crippen MR) is 64.1 cm³/mol. The number of rotatable bonds is 3. The van der Waals surface area contributed by atoms with Gasteiger partial charge in [0.25, 0.3) is 0 Å². The Kier molecular flexibility index (Phi) is 3.82. The molecular formula is C12H23N3O. The molecule has 16 heavy (non-hydrogen) atoms. The lowest BCUT2D eigenvalue weighted by atomic mass is 9.92. The Balaban J connectivity index is 1.73. The van der Waals surface area contributed by atoms with E-state index in [-0.39, 0.29) is 5.91 Å². The van der Waals surface area contributed by atoms with Gasteiger partial charge in [0.2, 0.25) is 5.91 Å². The summed E-state index contributed by atoms with van der Waals surface area (Å²) in [5.74, 6) is 0.278. The molecule has 1 saturated heterocycles. The van der Waals surface area contributed by atoms with E-state index in [1.165, 1.54) is 19.3 Å². The van der Waals surface area contributed by atoms with E-state index in [0.29, 0.717) is 18.6 Å². The van der Waals surface area contributed by atoms with Crippen molar-refractivity contribution in [3.05, 3.63) is 0 Å². The number of hydrogen-bond acceptors (Lipinski definition) is 3. The highest BCUT2D eigenvalue weighted by Crippen LogP contribution is 2.23. The first kappa shape index (κ1) is 11.9. The average molecular weight is 225 g/mol. The van der Waals surface area contributed by atoms with Crippen molar-refractivity contribution in [2.24, 2.45) is 5.73 Å². The molecule has 0 aromatic carbocycles. The van der Waals surface area contributed by atoms with E-state index in [1.807, 2.05) is 11.9 Å². The highest BCUT2D eigenvalue weighted by atomic mass is 16.2. The second kappa shape index (κ2) is 5.15. The minimum Gasteiger partial charge on any atom is -0.342 e. The summed E-state index contributed by atoms with van der Waals surface area (Å²) < 4.78 is 0. The molecule has 92 valence electrons. The van der Waals surface area contributed by atoms with Gasteiger partial charge in [0.05, 0.1) is 6.54 Å². The first-order chi connectivity index (χ1) is 7.66. The largest absolute Gasteiger partial charge is 0.342 e. The van der Waals surface area contributed by atoms with Crippen LogP contribution in [0.2, 0.25) is 0 Å². The first-order valence-electron chi connectivity index (χ1n) is 6.40. The minimum absolute atomic E-state index is 0.278. The normalized spacial score (nSPS) is 24.1. The quantitative estimate of drug-likeness (QED) is 0.757. The lowest BCUT2D eigenvalue weighted by Crippen LogP contribution is -2.48. The van der Waals surface area contributed by atoms with E-state index >= 15 is 0 Å². The summed E-state index contributed by atoms with van der Waals surface area (Å²) in [5.41, 5.74) is 5.84. The summed E-state index contributed by atoms with van der Waals surface area (Å²) in [6.07, 6.45) is 5.71. The van der Waals surface area contributed by atoms with Crippen LogP contribution in [0.15, 0.2) is 0 Å². The van der Waals surface area contributed by atoms with Crippen LogP contribution in [-0.4, -0.2) is 54.5 Å². The van der Waals surface area contributed by atoms with Crippen LogP contribution in [0.3, 0.4) is 0 Å². The fourth-order valence-electron chi connectivity index (χ4n) is 2.39. The van der Waals surface area contributed by atoms with E-state index < -0.39 is 0 Å². The van der Waals surface area contributed by atoms with Gasteiger partial charge in [-0.15, -0.1) is 0 Å². The standard InChI is InChI=1S/C12H23N3O/c1-14(11-3-2-4-11)12(16)9-15-7-5-10(13)6-8-15/h10-11H,2-9,13H2,1H3. The molecule has 1 aliphatic carbocycles. The van der Waals surface area contributed by atoms with Gasteiger partial charge in [0.15, 0.2) is 0 Å². The Bertz CT molecular complexity index is 245. The fraction of sp³-hybridized carbons (Fsp3) is 0.917. The van der Waals surface area contributed by atoms with Crippen LogP contribution in [0.5, 0.6) is 0 Å². The molecule has 4 heteroatoms. The molecular weight excluding hydrogens is 202 g/mol. The van der Waals surface area contributed by atoms with E-state index in [2.05, 4.69) is 4.90 Å². The molecule has 0 unspecified atom stereocenters. The molecule has 1 amide bonds. The number of amides is 1. The molecule has 1 heterocycles. The highest BCUT2D eigenvalue weighted by Gasteiger charge is 2.27. The first-order valence-corrected chi connectivity index (χ1v) is 6.40. The number of carbonyl (C=O) groups excluding carboxylic acids is 1. The predicted octanol–water partition coefficient (Wildman–Crippen LogP) is 0.420. The van der Waals surface area contributed by atoms with Crippen molar-refractivity contribution >= 4 is 5.91 Å². The van der Waals surface area contributed by atoms with Crippen LogP contribution < -0.4 is 5.73 Å². The molecule has 2 N–H and O–H groups in total. The monoisotopic (exact) mass is 225 g/mol. The number of likely N-dealkylation sites (N-methyl/N-ethyl adjacent to an activating group) is 1. The summed E-state index contributed by atoms with van der Waals surface area (Å²) in [7, 11) is 1.95. The summed E-state index contributed by atoms with van der Waals surface area (Å²) in [4.78, 5) is 16.2. The fourth-order valence-corrected chi connectivity index (χ4v) is 2.39. The van der Waals surface area contributed by atoms with E-state index in [9.17, 15) is 4.79 Å². The number of hydrogen-bond donors (Lipinski definition) is 1. The Morgan fingerprint density at radius 3 is 2.44 bits per heavy atom. The SMILES string of the molecule is CN(C(=O)CN1CCC(N)CC1)C1CCC1. The van der Waals surface area contributed by atoms with Crippen LogP contribution in [0.4, 0.5) is 0 Å².